The van der Waals surface area contributed by atoms with Gasteiger partial charge in [-0.2, -0.15) is 5.26 Å². The predicted molar refractivity (Wildman–Crippen MR) is 67.1 cm³/mol. The Bertz CT molecular complexity index is 644. The van der Waals surface area contributed by atoms with Crippen molar-refractivity contribution in [1.29, 1.82) is 5.26 Å². The second kappa shape index (κ2) is 4.06. The van der Waals surface area contributed by atoms with Crippen LogP contribution in [0.5, 0.6) is 0 Å². The number of benzene rings is 1. The molecule has 2 aromatic rings. The van der Waals surface area contributed by atoms with Crippen molar-refractivity contribution in [2.24, 2.45) is 0 Å². The summed E-state index contributed by atoms with van der Waals surface area (Å²) in [6.07, 6.45) is -0.0687. The lowest BCUT2D eigenvalue weighted by Gasteiger charge is -2.01. The van der Waals surface area contributed by atoms with Gasteiger partial charge in [0, 0.05) is 22.2 Å². The first-order valence-electron chi connectivity index (χ1n) is 5.55. The highest BCUT2D eigenvalue weighted by atomic mass is 16.1. The maximum Gasteiger partial charge on any atom is 0.179 e. The minimum absolute atomic E-state index is 0.0687. The largest absolute Gasteiger partial charge is 0.358 e. The quantitative estimate of drug-likeness (QED) is 0.799. The molecule has 0 unspecified atom stereocenters. The van der Waals surface area contributed by atoms with Crippen LogP contribution in [0.15, 0.2) is 12.1 Å². The van der Waals surface area contributed by atoms with Crippen molar-refractivity contribution in [2.45, 2.75) is 27.2 Å². The first-order chi connectivity index (χ1) is 8.06. The Kier molecular flexibility index (Phi) is 2.72. The normalized spacial score (nSPS) is 10.5. The number of hydrogen-bond donors (Lipinski definition) is 1. The van der Waals surface area contributed by atoms with E-state index in [9.17, 15) is 4.79 Å². The summed E-state index contributed by atoms with van der Waals surface area (Å²) in [6, 6.07) is 5.87. The van der Waals surface area contributed by atoms with Crippen LogP contribution in [0.25, 0.3) is 10.9 Å². The first kappa shape index (κ1) is 11.4. The molecule has 0 saturated heterocycles. The molecule has 0 fully saturated rings. The van der Waals surface area contributed by atoms with Gasteiger partial charge in [0.1, 0.15) is 0 Å². The summed E-state index contributed by atoms with van der Waals surface area (Å²) in [5.74, 6) is -0.112. The highest BCUT2D eigenvalue weighted by molar-refractivity contribution is 6.10. The topological polar surface area (TPSA) is 56.6 Å². The van der Waals surface area contributed by atoms with Gasteiger partial charge >= 0.3 is 0 Å². The molecule has 1 aromatic carbocycles. The standard InChI is InChI=1S/C14H14N2O/c1-8-4-5-11-13(12(17)6-7-15)10(3)16-14(11)9(8)2/h4-5,16H,6H2,1-3H3. The van der Waals surface area contributed by atoms with E-state index < -0.39 is 0 Å². The highest BCUT2D eigenvalue weighted by Gasteiger charge is 2.16. The van der Waals surface area contributed by atoms with Gasteiger partial charge in [0.15, 0.2) is 5.78 Å². The van der Waals surface area contributed by atoms with E-state index in [2.05, 4.69) is 4.98 Å². The Morgan fingerprint density at radius 3 is 2.71 bits per heavy atom. The van der Waals surface area contributed by atoms with Crippen LogP contribution >= 0.6 is 0 Å². The van der Waals surface area contributed by atoms with Crippen molar-refractivity contribution >= 4 is 16.7 Å². The molecule has 3 nitrogen and oxygen atoms in total. The summed E-state index contributed by atoms with van der Waals surface area (Å²) in [5, 5.41) is 9.54. The second-order valence-electron chi connectivity index (χ2n) is 4.31. The minimum Gasteiger partial charge on any atom is -0.358 e. The van der Waals surface area contributed by atoms with Gasteiger partial charge in [-0.3, -0.25) is 4.79 Å². The number of aromatic amines is 1. The number of aryl methyl sites for hydroxylation is 3. The lowest BCUT2D eigenvalue weighted by Crippen LogP contribution is -1.98. The molecule has 0 bridgehead atoms. The summed E-state index contributed by atoms with van der Waals surface area (Å²) < 4.78 is 0. The third kappa shape index (κ3) is 1.72. The van der Waals surface area contributed by atoms with Gasteiger partial charge in [0.05, 0.1) is 12.5 Å². The maximum atomic E-state index is 11.9. The van der Waals surface area contributed by atoms with Crippen LogP contribution in [0.2, 0.25) is 0 Å². The molecule has 0 radical (unpaired) electrons. The Labute approximate surface area is 100 Å². The van der Waals surface area contributed by atoms with Crippen molar-refractivity contribution in [1.82, 2.24) is 4.98 Å². The fourth-order valence-corrected chi connectivity index (χ4v) is 2.16. The predicted octanol–water partition coefficient (Wildman–Crippen LogP) is 3.19. The van der Waals surface area contributed by atoms with Gasteiger partial charge in [-0.15, -0.1) is 0 Å². The number of carbonyl (C=O) groups is 1. The van der Waals surface area contributed by atoms with Crippen molar-refractivity contribution in [3.63, 3.8) is 0 Å². The molecule has 0 atom stereocenters. The fraction of sp³-hybridized carbons (Fsp3) is 0.286. The molecule has 0 aliphatic carbocycles. The Morgan fingerprint density at radius 2 is 2.06 bits per heavy atom. The zero-order valence-electron chi connectivity index (χ0n) is 10.2. The van der Waals surface area contributed by atoms with E-state index in [0.717, 1.165) is 22.2 Å². The molecule has 17 heavy (non-hydrogen) atoms. The van der Waals surface area contributed by atoms with Crippen LogP contribution in [0.4, 0.5) is 0 Å². The average molecular weight is 226 g/mol. The number of ketones is 1. The third-order valence-electron chi connectivity index (χ3n) is 3.21. The fourth-order valence-electron chi connectivity index (χ4n) is 2.16. The molecule has 0 amide bonds. The van der Waals surface area contributed by atoms with Crippen LogP contribution in [0.3, 0.4) is 0 Å². The summed E-state index contributed by atoms with van der Waals surface area (Å²) in [6.45, 7) is 5.95. The van der Waals surface area contributed by atoms with Gasteiger partial charge in [0.2, 0.25) is 0 Å². The number of carbonyl (C=O) groups excluding carboxylic acids is 1. The van der Waals surface area contributed by atoms with Gasteiger partial charge in [-0.05, 0) is 31.9 Å². The highest BCUT2D eigenvalue weighted by Crippen LogP contribution is 2.27. The number of nitriles is 1. The SMILES string of the molecule is Cc1ccc2c(C(=O)CC#N)c(C)[nH]c2c1C. The lowest BCUT2D eigenvalue weighted by molar-refractivity contribution is 0.0999. The van der Waals surface area contributed by atoms with Crippen molar-refractivity contribution in [3.8, 4) is 6.07 Å². The molecule has 1 N–H and O–H groups in total. The van der Waals surface area contributed by atoms with Crippen LogP contribution in [-0.2, 0) is 0 Å². The molecular formula is C14H14N2O. The van der Waals surface area contributed by atoms with Gasteiger partial charge in [-0.1, -0.05) is 12.1 Å². The molecule has 3 heteroatoms. The summed E-state index contributed by atoms with van der Waals surface area (Å²) >= 11 is 0. The third-order valence-corrected chi connectivity index (χ3v) is 3.21. The number of H-pyrrole nitrogens is 1. The van der Waals surface area contributed by atoms with Crippen molar-refractivity contribution in [2.75, 3.05) is 0 Å². The van der Waals surface area contributed by atoms with E-state index in [1.54, 1.807) is 0 Å². The van der Waals surface area contributed by atoms with E-state index in [1.165, 1.54) is 5.56 Å². The smallest absolute Gasteiger partial charge is 0.179 e. The van der Waals surface area contributed by atoms with E-state index in [4.69, 9.17) is 5.26 Å². The van der Waals surface area contributed by atoms with Gasteiger partial charge in [-0.25, -0.2) is 0 Å². The van der Waals surface area contributed by atoms with E-state index >= 15 is 0 Å². The first-order valence-corrected chi connectivity index (χ1v) is 5.55. The molecule has 0 aliphatic rings. The molecule has 0 spiro atoms. The molecule has 2 rings (SSSR count). The molecule has 1 heterocycles. The number of nitrogens with zero attached hydrogens (tertiary/aromatic N) is 1. The van der Waals surface area contributed by atoms with Crippen LogP contribution in [-0.4, -0.2) is 10.8 Å². The van der Waals surface area contributed by atoms with E-state index in [1.807, 2.05) is 39.0 Å². The van der Waals surface area contributed by atoms with Gasteiger partial charge in [0.25, 0.3) is 0 Å². The second-order valence-corrected chi connectivity index (χ2v) is 4.31. The Balaban J connectivity index is 2.74. The number of nitrogens with one attached hydrogen (secondary N) is 1. The minimum atomic E-state index is -0.112. The number of fused-ring (bicyclic) bond motifs is 1. The zero-order valence-corrected chi connectivity index (χ0v) is 10.2. The monoisotopic (exact) mass is 226 g/mol. The van der Waals surface area contributed by atoms with Crippen LogP contribution < -0.4 is 0 Å². The zero-order chi connectivity index (χ0) is 12.6. The number of rotatable bonds is 2. The average Bonchev–Trinajstić information content (AvgIpc) is 2.61. The van der Waals surface area contributed by atoms with Crippen LogP contribution in [0, 0.1) is 32.1 Å². The van der Waals surface area contributed by atoms with Crippen LogP contribution in [0.1, 0.15) is 33.6 Å². The molecule has 0 aliphatic heterocycles. The summed E-state index contributed by atoms with van der Waals surface area (Å²) in [7, 11) is 0. The summed E-state index contributed by atoms with van der Waals surface area (Å²) in [4.78, 5) is 15.1. The number of Topliss-reactive ketones (excluding diaryl/α,β-unsaturated/α-hetero) is 1. The molecule has 1 aromatic heterocycles. The maximum absolute atomic E-state index is 11.9. The van der Waals surface area contributed by atoms with Crippen molar-refractivity contribution in [3.05, 3.63) is 34.5 Å². The van der Waals surface area contributed by atoms with Crippen molar-refractivity contribution < 1.29 is 4.79 Å². The molecular weight excluding hydrogens is 212 g/mol. The summed E-state index contributed by atoms with van der Waals surface area (Å²) in [5.41, 5.74) is 4.85. The lowest BCUT2D eigenvalue weighted by atomic mass is 10.0. The molecule has 86 valence electrons. The molecule has 0 saturated carbocycles. The Hall–Kier alpha value is -2.08. The van der Waals surface area contributed by atoms with E-state index in [0.29, 0.717) is 5.56 Å². The number of hydrogen-bond acceptors (Lipinski definition) is 2. The van der Waals surface area contributed by atoms with Gasteiger partial charge < -0.3 is 4.98 Å². The van der Waals surface area contributed by atoms with E-state index in [-0.39, 0.29) is 12.2 Å². The number of aromatic nitrogens is 1. The Morgan fingerprint density at radius 1 is 1.35 bits per heavy atom.